The fourth-order valence-electron chi connectivity index (χ4n) is 1.31. The summed E-state index contributed by atoms with van der Waals surface area (Å²) >= 11 is 0. The van der Waals surface area contributed by atoms with Crippen molar-refractivity contribution in [2.45, 2.75) is 57.7 Å². The van der Waals surface area contributed by atoms with Gasteiger partial charge in [0.25, 0.3) is 0 Å². The monoisotopic (exact) mass is 232 g/mol. The van der Waals surface area contributed by atoms with Gasteiger partial charge in [0.05, 0.1) is 6.07 Å². The Labute approximate surface area is 92.7 Å². The smallest absolute Gasteiger partial charge is 0.211 e. The molecule has 0 spiro atoms. The normalized spacial score (nSPS) is 15.6. The predicted molar refractivity (Wildman–Crippen MR) is 60.7 cm³/mol. The van der Waals surface area contributed by atoms with Crippen LogP contribution >= 0.6 is 0 Å². The molecule has 4 nitrogen and oxygen atoms in total. The molecular weight excluding hydrogens is 212 g/mol. The minimum atomic E-state index is -3.46. The lowest BCUT2D eigenvalue weighted by atomic mass is 10.2. The molecule has 0 aromatic carbocycles. The molecule has 2 unspecified atom stereocenters. The molecule has 0 aliphatic heterocycles. The van der Waals surface area contributed by atoms with Crippen molar-refractivity contribution in [1.82, 2.24) is 4.72 Å². The molecule has 2 atom stereocenters. The zero-order valence-electron chi connectivity index (χ0n) is 9.66. The molecule has 0 fully saturated rings. The van der Waals surface area contributed by atoms with Crippen molar-refractivity contribution in [3.63, 3.8) is 0 Å². The summed E-state index contributed by atoms with van der Waals surface area (Å²) in [7, 11) is -3.46. The molecule has 0 aromatic rings. The lowest BCUT2D eigenvalue weighted by molar-refractivity contribution is 0.528. The fourth-order valence-corrected chi connectivity index (χ4v) is 2.73. The van der Waals surface area contributed by atoms with E-state index in [4.69, 9.17) is 5.26 Å². The summed E-state index contributed by atoms with van der Waals surface area (Å²) in [5.74, 6) is 0. The van der Waals surface area contributed by atoms with E-state index in [1.165, 1.54) is 0 Å². The van der Waals surface area contributed by atoms with Crippen LogP contribution in [0.3, 0.4) is 0 Å². The van der Waals surface area contributed by atoms with Crippen molar-refractivity contribution >= 4 is 10.0 Å². The van der Waals surface area contributed by atoms with Crippen LogP contribution in [0.4, 0.5) is 0 Å². The molecule has 88 valence electrons. The highest BCUT2D eigenvalue weighted by atomic mass is 32.2. The maximum atomic E-state index is 11.6. The van der Waals surface area contributed by atoms with Crippen LogP contribution in [-0.4, -0.2) is 19.7 Å². The summed E-state index contributed by atoms with van der Waals surface area (Å²) in [4.78, 5) is 0. The van der Waals surface area contributed by atoms with Gasteiger partial charge in [0.2, 0.25) is 10.0 Å². The van der Waals surface area contributed by atoms with E-state index in [0.717, 1.165) is 19.3 Å². The van der Waals surface area contributed by atoms with Crippen molar-refractivity contribution in [2.24, 2.45) is 0 Å². The molecule has 0 saturated heterocycles. The van der Waals surface area contributed by atoms with Crippen LogP contribution in [0.25, 0.3) is 0 Å². The summed E-state index contributed by atoms with van der Waals surface area (Å²) in [5, 5.41) is 7.75. The molecule has 0 aliphatic carbocycles. The van der Waals surface area contributed by atoms with Crippen molar-refractivity contribution in [3.8, 4) is 6.07 Å². The standard InChI is InChI=1S/C10H20N2O2S/c1-4-6-7-9(3)12-15(13,14)10(5-2)8-11/h9-10,12H,4-7H2,1-3H3. The van der Waals surface area contributed by atoms with Gasteiger partial charge in [-0.25, -0.2) is 13.1 Å². The second-order valence-electron chi connectivity index (χ2n) is 3.73. The summed E-state index contributed by atoms with van der Waals surface area (Å²) in [6.45, 7) is 5.59. The summed E-state index contributed by atoms with van der Waals surface area (Å²) < 4.78 is 25.8. The average Bonchev–Trinajstić information content (AvgIpc) is 2.15. The zero-order chi connectivity index (χ0) is 11.9. The van der Waals surface area contributed by atoms with Crippen LogP contribution in [0, 0.1) is 11.3 Å². The minimum absolute atomic E-state index is 0.0858. The van der Waals surface area contributed by atoms with Crippen LogP contribution in [0.15, 0.2) is 0 Å². The Balaban J connectivity index is 4.32. The lowest BCUT2D eigenvalue weighted by Crippen LogP contribution is -2.38. The molecule has 1 N–H and O–H groups in total. The number of hydrogen-bond donors (Lipinski definition) is 1. The molecule has 15 heavy (non-hydrogen) atoms. The van der Waals surface area contributed by atoms with Gasteiger partial charge in [0, 0.05) is 6.04 Å². The number of rotatable bonds is 7. The van der Waals surface area contributed by atoms with Gasteiger partial charge in [-0.3, -0.25) is 0 Å². The first kappa shape index (κ1) is 14.4. The van der Waals surface area contributed by atoms with Gasteiger partial charge < -0.3 is 0 Å². The van der Waals surface area contributed by atoms with E-state index < -0.39 is 15.3 Å². The number of nitriles is 1. The van der Waals surface area contributed by atoms with E-state index >= 15 is 0 Å². The van der Waals surface area contributed by atoms with E-state index in [-0.39, 0.29) is 6.04 Å². The first-order chi connectivity index (χ1) is 6.97. The van der Waals surface area contributed by atoms with E-state index in [2.05, 4.69) is 11.6 Å². The summed E-state index contributed by atoms with van der Waals surface area (Å²) in [6.07, 6.45) is 3.18. The van der Waals surface area contributed by atoms with Gasteiger partial charge in [-0.15, -0.1) is 0 Å². The SMILES string of the molecule is CCCCC(C)NS(=O)(=O)C(C#N)CC. The van der Waals surface area contributed by atoms with E-state index in [1.807, 2.05) is 6.92 Å². The number of sulfonamides is 1. The average molecular weight is 232 g/mol. The number of unbranched alkanes of at least 4 members (excludes halogenated alkanes) is 1. The lowest BCUT2D eigenvalue weighted by Gasteiger charge is -2.15. The Kier molecular flexibility index (Phi) is 6.53. The molecule has 0 aromatic heterocycles. The molecule has 0 amide bonds. The Bertz CT molecular complexity index is 306. The number of hydrogen-bond acceptors (Lipinski definition) is 3. The van der Waals surface area contributed by atoms with Crippen molar-refractivity contribution < 1.29 is 8.42 Å². The molecule has 0 aliphatic rings. The Morgan fingerprint density at radius 2 is 2.00 bits per heavy atom. The fraction of sp³-hybridized carbons (Fsp3) is 0.900. The van der Waals surface area contributed by atoms with Gasteiger partial charge in [-0.05, 0) is 19.8 Å². The highest BCUT2D eigenvalue weighted by Gasteiger charge is 2.24. The molecule has 0 saturated carbocycles. The minimum Gasteiger partial charge on any atom is -0.211 e. The highest BCUT2D eigenvalue weighted by Crippen LogP contribution is 2.07. The van der Waals surface area contributed by atoms with Gasteiger partial charge >= 0.3 is 0 Å². The Morgan fingerprint density at radius 3 is 2.40 bits per heavy atom. The van der Waals surface area contributed by atoms with Gasteiger partial charge in [0.1, 0.15) is 0 Å². The van der Waals surface area contributed by atoms with Crippen LogP contribution < -0.4 is 4.72 Å². The van der Waals surface area contributed by atoms with E-state index in [1.54, 1.807) is 13.0 Å². The second-order valence-corrected chi connectivity index (χ2v) is 5.63. The molecule has 0 heterocycles. The van der Waals surface area contributed by atoms with Crippen LogP contribution in [-0.2, 0) is 10.0 Å². The number of nitrogens with one attached hydrogen (secondary N) is 1. The highest BCUT2D eigenvalue weighted by molar-refractivity contribution is 7.90. The first-order valence-corrected chi connectivity index (χ1v) is 6.93. The number of nitrogens with zero attached hydrogens (tertiary/aromatic N) is 1. The Hall–Kier alpha value is -0.600. The molecule has 0 rings (SSSR count). The third-order valence-corrected chi connectivity index (χ3v) is 4.16. The topological polar surface area (TPSA) is 70.0 Å². The van der Waals surface area contributed by atoms with Crippen molar-refractivity contribution in [3.05, 3.63) is 0 Å². The quantitative estimate of drug-likeness (QED) is 0.727. The van der Waals surface area contributed by atoms with Crippen LogP contribution in [0.2, 0.25) is 0 Å². The van der Waals surface area contributed by atoms with Gasteiger partial charge in [-0.2, -0.15) is 5.26 Å². The van der Waals surface area contributed by atoms with E-state index in [9.17, 15) is 8.42 Å². The predicted octanol–water partition coefficient (Wildman–Crippen LogP) is 1.79. The third-order valence-electron chi connectivity index (χ3n) is 2.25. The van der Waals surface area contributed by atoms with Crippen molar-refractivity contribution in [2.75, 3.05) is 0 Å². The van der Waals surface area contributed by atoms with Crippen molar-refractivity contribution in [1.29, 1.82) is 5.26 Å². The second kappa shape index (κ2) is 6.81. The van der Waals surface area contributed by atoms with Crippen LogP contribution in [0.5, 0.6) is 0 Å². The zero-order valence-corrected chi connectivity index (χ0v) is 10.5. The molecular formula is C10H20N2O2S. The molecule has 5 heteroatoms. The maximum absolute atomic E-state index is 11.6. The molecule has 0 radical (unpaired) electrons. The summed E-state index contributed by atoms with van der Waals surface area (Å²) in [5.41, 5.74) is 0. The van der Waals surface area contributed by atoms with E-state index in [0.29, 0.717) is 6.42 Å². The Morgan fingerprint density at radius 1 is 1.40 bits per heavy atom. The first-order valence-electron chi connectivity index (χ1n) is 5.38. The van der Waals surface area contributed by atoms with Gasteiger partial charge in [-0.1, -0.05) is 26.7 Å². The maximum Gasteiger partial charge on any atom is 0.228 e. The summed E-state index contributed by atoms with van der Waals surface area (Å²) in [6, 6.07) is 1.72. The third kappa shape index (κ3) is 5.14. The largest absolute Gasteiger partial charge is 0.228 e. The molecule has 0 bridgehead atoms. The van der Waals surface area contributed by atoms with Gasteiger partial charge in [0.15, 0.2) is 5.25 Å². The van der Waals surface area contributed by atoms with Crippen LogP contribution in [0.1, 0.15) is 46.5 Å².